The van der Waals surface area contributed by atoms with Crippen LogP contribution in [0.5, 0.6) is 0 Å². The summed E-state index contributed by atoms with van der Waals surface area (Å²) in [4.78, 5) is 39.5. The van der Waals surface area contributed by atoms with Crippen molar-refractivity contribution in [3.63, 3.8) is 0 Å². The lowest BCUT2D eigenvalue weighted by Crippen LogP contribution is -2.41. The SMILES string of the molecule is NC(=O)c1ccccc1N1C(=O)CC(c2ccc(Cl)cc2)C2=C1CCCC2=O. The number of Topliss-reactive ketones (excluding diaryl/α,β-unsaturated/α-hetero) is 1. The Morgan fingerprint density at radius 2 is 1.75 bits per heavy atom. The number of hydrogen-bond acceptors (Lipinski definition) is 3. The summed E-state index contributed by atoms with van der Waals surface area (Å²) in [6.45, 7) is 0. The molecule has 2 N–H and O–H groups in total. The molecule has 1 heterocycles. The Balaban J connectivity index is 1.89. The molecule has 1 atom stereocenters. The number of anilines is 1. The highest BCUT2D eigenvalue weighted by molar-refractivity contribution is 6.30. The molecule has 0 saturated carbocycles. The zero-order chi connectivity index (χ0) is 19.8. The summed E-state index contributed by atoms with van der Waals surface area (Å²) in [5.41, 5.74) is 8.47. The Morgan fingerprint density at radius 1 is 1.04 bits per heavy atom. The summed E-state index contributed by atoms with van der Waals surface area (Å²) in [5.74, 6) is -1.01. The molecule has 2 aromatic carbocycles. The fraction of sp³-hybridized carbons (Fsp3) is 0.227. The number of allylic oxidation sites excluding steroid dienone is 2. The Morgan fingerprint density at radius 3 is 2.46 bits per heavy atom. The number of benzene rings is 2. The van der Waals surface area contributed by atoms with Crippen molar-refractivity contribution in [2.75, 3.05) is 4.90 Å². The number of amides is 2. The first-order valence-corrected chi connectivity index (χ1v) is 9.58. The summed E-state index contributed by atoms with van der Waals surface area (Å²) >= 11 is 6.00. The van der Waals surface area contributed by atoms with Crippen LogP contribution in [-0.2, 0) is 9.59 Å². The van der Waals surface area contributed by atoms with E-state index >= 15 is 0 Å². The number of para-hydroxylation sites is 1. The van der Waals surface area contributed by atoms with E-state index in [0.717, 1.165) is 5.56 Å². The number of nitrogens with two attached hydrogens (primary N) is 1. The van der Waals surface area contributed by atoms with Gasteiger partial charge in [-0.1, -0.05) is 35.9 Å². The number of rotatable bonds is 3. The zero-order valence-electron chi connectivity index (χ0n) is 15.2. The molecule has 0 aromatic heterocycles. The van der Waals surface area contributed by atoms with Crippen LogP contribution in [-0.4, -0.2) is 17.6 Å². The third-order valence-corrected chi connectivity index (χ3v) is 5.61. The second-order valence-corrected chi connectivity index (χ2v) is 7.49. The van der Waals surface area contributed by atoms with E-state index in [0.29, 0.717) is 41.2 Å². The van der Waals surface area contributed by atoms with E-state index in [1.54, 1.807) is 36.4 Å². The van der Waals surface area contributed by atoms with E-state index in [1.807, 2.05) is 12.1 Å². The number of ketones is 1. The van der Waals surface area contributed by atoms with E-state index in [2.05, 4.69) is 0 Å². The molecule has 0 bridgehead atoms. The van der Waals surface area contributed by atoms with Crippen LogP contribution in [0.3, 0.4) is 0 Å². The first kappa shape index (κ1) is 18.4. The van der Waals surface area contributed by atoms with Gasteiger partial charge in [-0.2, -0.15) is 0 Å². The number of halogens is 1. The maximum Gasteiger partial charge on any atom is 0.250 e. The zero-order valence-corrected chi connectivity index (χ0v) is 15.9. The van der Waals surface area contributed by atoms with Gasteiger partial charge in [-0.05, 0) is 42.7 Å². The Bertz CT molecular complexity index is 1010. The molecule has 0 fully saturated rings. The summed E-state index contributed by atoms with van der Waals surface area (Å²) in [6, 6.07) is 14.0. The summed E-state index contributed by atoms with van der Waals surface area (Å²) in [7, 11) is 0. The first-order chi connectivity index (χ1) is 13.5. The van der Waals surface area contributed by atoms with Gasteiger partial charge in [0, 0.05) is 35.1 Å². The molecular weight excluding hydrogens is 376 g/mol. The van der Waals surface area contributed by atoms with Gasteiger partial charge < -0.3 is 5.73 Å². The lowest BCUT2D eigenvalue weighted by molar-refractivity contribution is -0.119. The van der Waals surface area contributed by atoms with Crippen LogP contribution in [0.2, 0.25) is 5.02 Å². The van der Waals surface area contributed by atoms with Gasteiger partial charge in [-0.25, -0.2) is 0 Å². The van der Waals surface area contributed by atoms with Crippen molar-refractivity contribution >= 4 is 34.9 Å². The van der Waals surface area contributed by atoms with Crippen molar-refractivity contribution in [3.8, 4) is 0 Å². The van der Waals surface area contributed by atoms with Gasteiger partial charge in [0.2, 0.25) is 5.91 Å². The monoisotopic (exact) mass is 394 g/mol. The van der Waals surface area contributed by atoms with Crippen LogP contribution in [0, 0.1) is 0 Å². The summed E-state index contributed by atoms with van der Waals surface area (Å²) in [6.07, 6.45) is 1.89. The molecule has 0 spiro atoms. The normalized spacial score (nSPS) is 19.6. The molecule has 2 amide bonds. The molecule has 0 saturated heterocycles. The van der Waals surface area contributed by atoms with Gasteiger partial charge >= 0.3 is 0 Å². The lowest BCUT2D eigenvalue weighted by Gasteiger charge is -2.38. The molecule has 28 heavy (non-hydrogen) atoms. The highest BCUT2D eigenvalue weighted by Gasteiger charge is 2.40. The number of carbonyl (C=O) groups excluding carboxylic acids is 3. The smallest absolute Gasteiger partial charge is 0.250 e. The maximum atomic E-state index is 13.2. The fourth-order valence-electron chi connectivity index (χ4n) is 4.13. The lowest BCUT2D eigenvalue weighted by atomic mass is 9.77. The summed E-state index contributed by atoms with van der Waals surface area (Å²) < 4.78 is 0. The van der Waals surface area contributed by atoms with Gasteiger partial charge in [0.25, 0.3) is 5.91 Å². The van der Waals surface area contributed by atoms with E-state index < -0.39 is 5.91 Å². The fourth-order valence-corrected chi connectivity index (χ4v) is 4.26. The Kier molecular flexibility index (Phi) is 4.77. The average molecular weight is 395 g/mol. The van der Waals surface area contributed by atoms with E-state index in [9.17, 15) is 14.4 Å². The second-order valence-electron chi connectivity index (χ2n) is 7.06. The minimum Gasteiger partial charge on any atom is -0.366 e. The van der Waals surface area contributed by atoms with Crippen molar-refractivity contribution in [2.45, 2.75) is 31.6 Å². The minimum atomic E-state index is -0.604. The number of hydrogen-bond donors (Lipinski definition) is 1. The minimum absolute atomic E-state index is 0.0512. The quantitative estimate of drug-likeness (QED) is 0.855. The number of primary amides is 1. The predicted molar refractivity (Wildman–Crippen MR) is 107 cm³/mol. The van der Waals surface area contributed by atoms with Crippen molar-refractivity contribution in [3.05, 3.63) is 76.0 Å². The average Bonchev–Trinajstić information content (AvgIpc) is 2.68. The molecule has 142 valence electrons. The van der Waals surface area contributed by atoms with Gasteiger partial charge in [-0.15, -0.1) is 0 Å². The molecule has 1 unspecified atom stereocenters. The van der Waals surface area contributed by atoms with E-state index in [-0.39, 0.29) is 29.6 Å². The van der Waals surface area contributed by atoms with Crippen LogP contribution in [0.15, 0.2) is 59.8 Å². The largest absolute Gasteiger partial charge is 0.366 e. The molecule has 2 aliphatic rings. The van der Waals surface area contributed by atoms with Crippen LogP contribution in [0.4, 0.5) is 5.69 Å². The van der Waals surface area contributed by atoms with Crippen molar-refractivity contribution in [1.82, 2.24) is 0 Å². The molecule has 6 heteroatoms. The van der Waals surface area contributed by atoms with Gasteiger partial charge in [0.05, 0.1) is 11.3 Å². The van der Waals surface area contributed by atoms with Crippen molar-refractivity contribution < 1.29 is 14.4 Å². The highest BCUT2D eigenvalue weighted by atomic mass is 35.5. The van der Waals surface area contributed by atoms with Crippen LogP contribution in [0.1, 0.15) is 47.5 Å². The standard InChI is InChI=1S/C22H19ClN2O3/c23-14-10-8-13(9-11-14)16-12-20(27)25(18-6-3-7-19(26)21(16)18)17-5-2-1-4-15(17)22(24)28/h1-2,4-5,8-11,16H,3,6-7,12H2,(H2,24,28). The van der Waals surface area contributed by atoms with Gasteiger partial charge in [0.15, 0.2) is 5.78 Å². The number of carbonyl (C=O) groups is 3. The second kappa shape index (κ2) is 7.24. The molecule has 5 nitrogen and oxygen atoms in total. The summed E-state index contributed by atoms with van der Waals surface area (Å²) in [5, 5.41) is 0.604. The number of nitrogens with zero attached hydrogens (tertiary/aromatic N) is 1. The Hall–Kier alpha value is -2.92. The van der Waals surface area contributed by atoms with Crippen LogP contribution in [0.25, 0.3) is 0 Å². The maximum absolute atomic E-state index is 13.2. The van der Waals surface area contributed by atoms with Crippen molar-refractivity contribution in [2.24, 2.45) is 5.73 Å². The molecular formula is C22H19ClN2O3. The molecule has 1 aliphatic carbocycles. The van der Waals surface area contributed by atoms with E-state index in [1.165, 1.54) is 4.90 Å². The molecule has 2 aromatic rings. The predicted octanol–water partition coefficient (Wildman–Crippen LogP) is 3.97. The topological polar surface area (TPSA) is 80.5 Å². The van der Waals surface area contributed by atoms with Crippen LogP contribution >= 0.6 is 11.6 Å². The van der Waals surface area contributed by atoms with Gasteiger partial charge in [-0.3, -0.25) is 19.3 Å². The van der Waals surface area contributed by atoms with E-state index in [4.69, 9.17) is 17.3 Å². The molecule has 1 aliphatic heterocycles. The Labute approximate surface area is 167 Å². The molecule has 0 radical (unpaired) electrons. The third kappa shape index (κ3) is 3.12. The third-order valence-electron chi connectivity index (χ3n) is 5.36. The van der Waals surface area contributed by atoms with Crippen LogP contribution < -0.4 is 10.6 Å². The molecule has 4 rings (SSSR count). The highest BCUT2D eigenvalue weighted by Crippen LogP contribution is 2.44. The van der Waals surface area contributed by atoms with Crippen molar-refractivity contribution in [1.29, 1.82) is 0 Å². The first-order valence-electron chi connectivity index (χ1n) is 9.21. The van der Waals surface area contributed by atoms with Gasteiger partial charge in [0.1, 0.15) is 0 Å².